The topological polar surface area (TPSA) is 52.6 Å². The molecule has 0 bridgehead atoms. The first-order valence-electron chi connectivity index (χ1n) is 6.39. The van der Waals surface area contributed by atoms with Crippen molar-refractivity contribution in [2.24, 2.45) is 5.41 Å². The van der Waals surface area contributed by atoms with Gasteiger partial charge in [0.05, 0.1) is 0 Å². The van der Waals surface area contributed by atoms with E-state index in [1.165, 1.54) is 13.8 Å². The predicted octanol–water partition coefficient (Wildman–Crippen LogP) is 2.20. The second-order valence-corrected chi connectivity index (χ2v) is 5.21. The van der Waals surface area contributed by atoms with Crippen LogP contribution in [0.15, 0.2) is 0 Å². The molecule has 0 aliphatic heterocycles. The van der Waals surface area contributed by atoms with Gasteiger partial charge in [0.25, 0.3) is 0 Å². The monoisotopic (exact) mass is 240 g/mol. The van der Waals surface area contributed by atoms with Crippen molar-refractivity contribution in [2.75, 3.05) is 0 Å². The molecule has 0 radical (unpaired) electrons. The number of rotatable bonds is 2. The van der Waals surface area contributed by atoms with Gasteiger partial charge in [-0.2, -0.15) is 0 Å². The zero-order valence-corrected chi connectivity index (χ0v) is 10.5. The van der Waals surface area contributed by atoms with Crippen molar-refractivity contribution in [3.05, 3.63) is 0 Å². The number of esters is 2. The highest BCUT2D eigenvalue weighted by molar-refractivity contribution is 5.67. The molecule has 2 saturated carbocycles. The molecule has 4 nitrogen and oxygen atoms in total. The van der Waals surface area contributed by atoms with Gasteiger partial charge in [-0.25, -0.2) is 0 Å². The summed E-state index contributed by atoms with van der Waals surface area (Å²) in [5.74, 6) is -0.463. The Bertz CT molecular complexity index is 291. The van der Waals surface area contributed by atoms with Crippen molar-refractivity contribution in [1.82, 2.24) is 0 Å². The van der Waals surface area contributed by atoms with E-state index in [1.807, 2.05) is 0 Å². The van der Waals surface area contributed by atoms with Gasteiger partial charge in [-0.05, 0) is 38.5 Å². The molecule has 0 N–H and O–H groups in total. The Morgan fingerprint density at radius 1 is 0.941 bits per heavy atom. The quantitative estimate of drug-likeness (QED) is 0.694. The van der Waals surface area contributed by atoms with E-state index >= 15 is 0 Å². The van der Waals surface area contributed by atoms with E-state index in [2.05, 4.69) is 0 Å². The van der Waals surface area contributed by atoms with Gasteiger partial charge < -0.3 is 9.47 Å². The highest BCUT2D eigenvalue weighted by Gasteiger charge is 2.54. The van der Waals surface area contributed by atoms with Crippen molar-refractivity contribution in [1.29, 1.82) is 0 Å². The standard InChI is InChI=1S/C13H20O4/c1-9(14)16-11-5-3-7-13(11)8-4-6-12(13)17-10(2)15/h11-12H,3-8H2,1-2H3. The van der Waals surface area contributed by atoms with Gasteiger partial charge in [0.1, 0.15) is 12.2 Å². The molecule has 2 rings (SSSR count). The fourth-order valence-corrected chi connectivity index (χ4v) is 3.54. The molecule has 0 aromatic heterocycles. The van der Waals surface area contributed by atoms with E-state index in [9.17, 15) is 9.59 Å². The highest BCUT2D eigenvalue weighted by Crippen LogP contribution is 2.53. The molecule has 2 aliphatic carbocycles. The molecule has 4 heteroatoms. The Labute approximate surface area is 102 Å². The molecule has 96 valence electrons. The van der Waals surface area contributed by atoms with Crippen LogP contribution in [0.25, 0.3) is 0 Å². The van der Waals surface area contributed by atoms with Crippen LogP contribution in [0.5, 0.6) is 0 Å². The summed E-state index contributed by atoms with van der Waals surface area (Å²) in [5, 5.41) is 0. The van der Waals surface area contributed by atoms with E-state index in [-0.39, 0.29) is 29.6 Å². The lowest BCUT2D eigenvalue weighted by molar-refractivity contribution is -0.165. The van der Waals surface area contributed by atoms with Crippen molar-refractivity contribution in [3.8, 4) is 0 Å². The minimum absolute atomic E-state index is 0.0631. The second kappa shape index (κ2) is 4.67. The number of hydrogen-bond acceptors (Lipinski definition) is 4. The SMILES string of the molecule is CC(=O)OC1CCCC12CCCC2OC(C)=O. The van der Waals surface area contributed by atoms with Crippen LogP contribution in [0.4, 0.5) is 0 Å². The van der Waals surface area contributed by atoms with Crippen molar-refractivity contribution < 1.29 is 19.1 Å². The Kier molecular flexibility index (Phi) is 3.40. The van der Waals surface area contributed by atoms with E-state index in [0.29, 0.717) is 0 Å². The summed E-state index contributed by atoms with van der Waals surface area (Å²) >= 11 is 0. The lowest BCUT2D eigenvalue weighted by Crippen LogP contribution is -2.41. The molecular weight excluding hydrogens is 220 g/mol. The summed E-state index contributed by atoms with van der Waals surface area (Å²) in [6.45, 7) is 2.89. The van der Waals surface area contributed by atoms with E-state index in [0.717, 1.165) is 38.5 Å². The third-order valence-corrected chi connectivity index (χ3v) is 4.12. The van der Waals surface area contributed by atoms with Crippen LogP contribution >= 0.6 is 0 Å². The van der Waals surface area contributed by atoms with Crippen LogP contribution in [0.3, 0.4) is 0 Å². The fourth-order valence-electron chi connectivity index (χ4n) is 3.54. The molecule has 2 atom stereocenters. The summed E-state index contributed by atoms with van der Waals surface area (Å²) in [4.78, 5) is 22.3. The molecule has 0 saturated heterocycles. The third kappa shape index (κ3) is 2.31. The van der Waals surface area contributed by atoms with Crippen LogP contribution in [-0.2, 0) is 19.1 Å². The molecule has 0 heterocycles. The van der Waals surface area contributed by atoms with Crippen LogP contribution in [-0.4, -0.2) is 24.1 Å². The predicted molar refractivity (Wildman–Crippen MR) is 61.2 cm³/mol. The van der Waals surface area contributed by atoms with E-state index < -0.39 is 0 Å². The maximum atomic E-state index is 11.1. The van der Waals surface area contributed by atoms with E-state index in [4.69, 9.17) is 9.47 Å². The van der Waals surface area contributed by atoms with Crippen molar-refractivity contribution in [3.63, 3.8) is 0 Å². The lowest BCUT2D eigenvalue weighted by Gasteiger charge is -2.35. The van der Waals surface area contributed by atoms with Gasteiger partial charge in [-0.1, -0.05) is 0 Å². The molecule has 1 spiro atoms. The number of carbonyl (C=O) groups excluding carboxylic acids is 2. The van der Waals surface area contributed by atoms with Gasteiger partial charge in [0.2, 0.25) is 0 Å². The first kappa shape index (κ1) is 12.4. The zero-order chi connectivity index (χ0) is 12.5. The minimum atomic E-state index is -0.232. The summed E-state index contributed by atoms with van der Waals surface area (Å²) in [6.07, 6.45) is 5.78. The molecule has 2 unspecified atom stereocenters. The lowest BCUT2D eigenvalue weighted by atomic mass is 9.80. The van der Waals surface area contributed by atoms with Gasteiger partial charge in [-0.15, -0.1) is 0 Å². The third-order valence-electron chi connectivity index (χ3n) is 4.12. The molecule has 17 heavy (non-hydrogen) atoms. The minimum Gasteiger partial charge on any atom is -0.462 e. The normalized spacial score (nSPS) is 36.1. The van der Waals surface area contributed by atoms with Crippen LogP contribution in [0, 0.1) is 5.41 Å². The maximum absolute atomic E-state index is 11.1. The first-order valence-corrected chi connectivity index (χ1v) is 6.39. The molecule has 2 fully saturated rings. The zero-order valence-electron chi connectivity index (χ0n) is 10.5. The number of ether oxygens (including phenoxy) is 2. The van der Waals surface area contributed by atoms with Crippen molar-refractivity contribution >= 4 is 11.9 Å². The smallest absolute Gasteiger partial charge is 0.302 e. The Morgan fingerprint density at radius 3 is 1.71 bits per heavy atom. The molecular formula is C13H20O4. The molecule has 0 aromatic carbocycles. The Hall–Kier alpha value is -1.06. The van der Waals surface area contributed by atoms with Gasteiger partial charge in [-0.3, -0.25) is 9.59 Å². The molecule has 0 amide bonds. The number of carbonyl (C=O) groups is 2. The van der Waals surface area contributed by atoms with E-state index in [1.54, 1.807) is 0 Å². The van der Waals surface area contributed by atoms with Crippen LogP contribution in [0.2, 0.25) is 0 Å². The van der Waals surface area contributed by atoms with Gasteiger partial charge >= 0.3 is 11.9 Å². The fraction of sp³-hybridized carbons (Fsp3) is 0.846. The van der Waals surface area contributed by atoms with Crippen molar-refractivity contribution in [2.45, 2.75) is 64.6 Å². The summed E-state index contributed by atoms with van der Waals surface area (Å²) < 4.78 is 10.9. The van der Waals surface area contributed by atoms with Gasteiger partial charge in [0.15, 0.2) is 0 Å². The summed E-state index contributed by atoms with van der Waals surface area (Å²) in [7, 11) is 0. The largest absolute Gasteiger partial charge is 0.462 e. The molecule has 2 aliphatic rings. The Morgan fingerprint density at radius 2 is 1.35 bits per heavy atom. The second-order valence-electron chi connectivity index (χ2n) is 5.21. The Balaban J connectivity index is 2.14. The van der Waals surface area contributed by atoms with Crippen LogP contribution in [0.1, 0.15) is 52.4 Å². The highest BCUT2D eigenvalue weighted by atomic mass is 16.6. The van der Waals surface area contributed by atoms with Crippen LogP contribution < -0.4 is 0 Å². The van der Waals surface area contributed by atoms with Gasteiger partial charge in [0, 0.05) is 19.3 Å². The summed E-state index contributed by atoms with van der Waals surface area (Å²) in [5.41, 5.74) is -0.0999. The average molecular weight is 240 g/mol. The maximum Gasteiger partial charge on any atom is 0.302 e. The summed E-state index contributed by atoms with van der Waals surface area (Å²) in [6, 6.07) is 0. The molecule has 0 aromatic rings. The first-order chi connectivity index (χ1) is 8.04. The number of hydrogen-bond donors (Lipinski definition) is 0. The average Bonchev–Trinajstić information content (AvgIpc) is 2.76.